The molecule has 0 radical (unpaired) electrons. The number of rotatable bonds is 6. The zero-order valence-corrected chi connectivity index (χ0v) is 15.4. The van der Waals surface area contributed by atoms with Crippen molar-refractivity contribution in [3.63, 3.8) is 0 Å². The number of para-hydroxylation sites is 1. The zero-order valence-electron chi connectivity index (χ0n) is 14.6. The number of benzene rings is 1. The number of carbonyl (C=O) groups excluding carboxylic acids is 4. The Balaban J connectivity index is 1.98. The van der Waals surface area contributed by atoms with Gasteiger partial charge in [-0.3, -0.25) is 19.7 Å². The van der Waals surface area contributed by atoms with Crippen LogP contribution >= 0.6 is 11.8 Å². The first-order valence-corrected chi connectivity index (χ1v) is 9.10. The van der Waals surface area contributed by atoms with E-state index in [1.165, 1.54) is 11.8 Å². The molecule has 3 N–H and O–H groups in total. The molecule has 26 heavy (non-hydrogen) atoms. The van der Waals surface area contributed by atoms with Crippen molar-refractivity contribution in [2.45, 2.75) is 31.3 Å². The molecule has 0 fully saturated rings. The summed E-state index contributed by atoms with van der Waals surface area (Å²) in [7, 11) is 0. The van der Waals surface area contributed by atoms with Crippen LogP contribution in [-0.2, 0) is 19.1 Å². The van der Waals surface area contributed by atoms with Gasteiger partial charge in [-0.2, -0.15) is 0 Å². The van der Waals surface area contributed by atoms with Crippen molar-refractivity contribution in [1.82, 2.24) is 5.32 Å². The van der Waals surface area contributed by atoms with Crippen LogP contribution in [0.15, 0.2) is 29.2 Å². The van der Waals surface area contributed by atoms with Gasteiger partial charge in [-0.15, -0.1) is 11.8 Å². The van der Waals surface area contributed by atoms with Gasteiger partial charge < -0.3 is 15.4 Å². The maximum Gasteiger partial charge on any atom is 0.318 e. The molecule has 1 aromatic rings. The number of imide groups is 1. The highest BCUT2D eigenvalue weighted by Crippen LogP contribution is 2.34. The molecule has 0 unspecified atom stereocenters. The van der Waals surface area contributed by atoms with Crippen LogP contribution < -0.4 is 16.0 Å². The summed E-state index contributed by atoms with van der Waals surface area (Å²) in [5, 5.41) is 1.91. The largest absolute Gasteiger partial charge is 0.452 e. The molecule has 0 saturated heterocycles. The van der Waals surface area contributed by atoms with Gasteiger partial charge in [0.25, 0.3) is 5.91 Å². The number of thioether (sulfide) groups is 1. The third kappa shape index (κ3) is 4.98. The fraction of sp³-hybridized carbons (Fsp3) is 0.412. The molecule has 4 amide bonds. The van der Waals surface area contributed by atoms with Crippen LogP contribution in [0.25, 0.3) is 0 Å². The Morgan fingerprint density at radius 1 is 1.31 bits per heavy atom. The van der Waals surface area contributed by atoms with Gasteiger partial charge in [-0.05, 0) is 18.1 Å². The van der Waals surface area contributed by atoms with Gasteiger partial charge in [0.1, 0.15) is 0 Å². The molecule has 0 spiro atoms. The summed E-state index contributed by atoms with van der Waals surface area (Å²) < 4.78 is 5.19. The van der Waals surface area contributed by atoms with Crippen molar-refractivity contribution in [3.05, 3.63) is 24.3 Å². The van der Waals surface area contributed by atoms with Crippen molar-refractivity contribution >= 4 is 41.3 Å². The van der Waals surface area contributed by atoms with E-state index in [1.54, 1.807) is 18.7 Å². The molecule has 140 valence electrons. The second-order valence-electron chi connectivity index (χ2n) is 6.06. The molecule has 0 saturated carbocycles. The molecule has 1 aliphatic rings. The maximum absolute atomic E-state index is 12.2. The van der Waals surface area contributed by atoms with E-state index in [-0.39, 0.29) is 24.8 Å². The smallest absolute Gasteiger partial charge is 0.318 e. The van der Waals surface area contributed by atoms with Crippen LogP contribution in [0.2, 0.25) is 0 Å². The number of esters is 1. The summed E-state index contributed by atoms with van der Waals surface area (Å²) in [4.78, 5) is 49.5. The quantitative estimate of drug-likeness (QED) is 0.719. The normalized spacial score (nSPS) is 14.6. The Morgan fingerprint density at radius 3 is 2.65 bits per heavy atom. The van der Waals surface area contributed by atoms with E-state index in [0.717, 1.165) is 10.6 Å². The average Bonchev–Trinajstić information content (AvgIpc) is 2.57. The van der Waals surface area contributed by atoms with Crippen LogP contribution in [0, 0.1) is 5.92 Å². The summed E-state index contributed by atoms with van der Waals surface area (Å²) in [6.45, 7) is 3.51. The highest BCUT2D eigenvalue weighted by atomic mass is 32.2. The lowest BCUT2D eigenvalue weighted by molar-refractivity contribution is -0.158. The second-order valence-corrected chi connectivity index (χ2v) is 7.08. The summed E-state index contributed by atoms with van der Waals surface area (Å²) in [5.41, 5.74) is 5.68. The van der Waals surface area contributed by atoms with E-state index in [1.807, 2.05) is 29.6 Å². The monoisotopic (exact) mass is 379 g/mol. The van der Waals surface area contributed by atoms with Crippen LogP contribution in [0.3, 0.4) is 0 Å². The molecule has 2 rings (SSSR count). The molecule has 0 bridgehead atoms. The summed E-state index contributed by atoms with van der Waals surface area (Å²) >= 11 is 1.45. The molecule has 9 heteroatoms. The number of nitrogens with two attached hydrogens (primary N) is 1. The first-order valence-electron chi connectivity index (χ1n) is 8.11. The number of nitrogens with one attached hydrogen (secondary N) is 1. The number of ether oxygens (including phenoxy) is 1. The summed E-state index contributed by atoms with van der Waals surface area (Å²) in [5.74, 6) is -1.52. The minimum absolute atomic E-state index is 0.0716. The first-order chi connectivity index (χ1) is 12.3. The van der Waals surface area contributed by atoms with E-state index >= 15 is 0 Å². The lowest BCUT2D eigenvalue weighted by Gasteiger charge is -2.29. The molecule has 1 heterocycles. The molecular formula is C17H21N3O5S. The Kier molecular flexibility index (Phi) is 6.62. The van der Waals surface area contributed by atoms with E-state index in [2.05, 4.69) is 0 Å². The van der Waals surface area contributed by atoms with Gasteiger partial charge in [-0.25, -0.2) is 4.79 Å². The van der Waals surface area contributed by atoms with Crippen molar-refractivity contribution < 1.29 is 23.9 Å². The standard InChI is InChI=1S/C17H21N3O5S/c1-10(2)15(16(23)19-17(18)24)25-14(22)7-8-20-11-5-3-4-6-12(11)26-9-13(20)21/h3-6,10,15H,7-9H2,1-2H3,(H3,18,19,23,24)/t15-/m0/s1. The van der Waals surface area contributed by atoms with E-state index in [4.69, 9.17) is 10.5 Å². The molecule has 1 atom stereocenters. The van der Waals surface area contributed by atoms with Crippen LogP contribution in [0.1, 0.15) is 20.3 Å². The van der Waals surface area contributed by atoms with Crippen molar-refractivity contribution in [1.29, 1.82) is 0 Å². The van der Waals surface area contributed by atoms with Gasteiger partial charge in [0.05, 0.1) is 17.9 Å². The fourth-order valence-corrected chi connectivity index (χ4v) is 3.42. The number of nitrogens with zero attached hydrogens (tertiary/aromatic N) is 1. The number of fused-ring (bicyclic) bond motifs is 1. The Labute approximate surface area is 155 Å². The van der Waals surface area contributed by atoms with Gasteiger partial charge in [0.2, 0.25) is 5.91 Å². The topological polar surface area (TPSA) is 119 Å². The molecular weight excluding hydrogens is 358 g/mol. The lowest BCUT2D eigenvalue weighted by atomic mass is 10.1. The minimum Gasteiger partial charge on any atom is -0.452 e. The zero-order chi connectivity index (χ0) is 19.3. The van der Waals surface area contributed by atoms with Crippen LogP contribution in [0.5, 0.6) is 0 Å². The molecule has 1 aliphatic heterocycles. The van der Waals surface area contributed by atoms with Crippen molar-refractivity contribution in [2.75, 3.05) is 17.2 Å². The average molecular weight is 379 g/mol. The van der Waals surface area contributed by atoms with Crippen molar-refractivity contribution in [2.24, 2.45) is 11.7 Å². The van der Waals surface area contributed by atoms with E-state index in [0.29, 0.717) is 5.75 Å². The third-order valence-corrected chi connectivity index (χ3v) is 4.76. The predicted octanol–water partition coefficient (Wildman–Crippen LogP) is 1.28. The molecule has 1 aromatic carbocycles. The predicted molar refractivity (Wildman–Crippen MR) is 96.6 cm³/mol. The Bertz CT molecular complexity index is 722. The van der Waals surface area contributed by atoms with Crippen LogP contribution in [0.4, 0.5) is 10.5 Å². The summed E-state index contributed by atoms with van der Waals surface area (Å²) in [6.07, 6.45) is -1.20. The second kappa shape index (κ2) is 8.70. The fourth-order valence-electron chi connectivity index (χ4n) is 2.49. The third-order valence-electron chi connectivity index (χ3n) is 3.72. The lowest BCUT2D eigenvalue weighted by Crippen LogP contribution is -2.46. The number of primary amides is 1. The van der Waals surface area contributed by atoms with Crippen LogP contribution in [-0.4, -0.2) is 42.2 Å². The summed E-state index contributed by atoms with van der Waals surface area (Å²) in [6, 6.07) is 6.44. The molecule has 0 aliphatic carbocycles. The number of amides is 4. The highest BCUT2D eigenvalue weighted by molar-refractivity contribution is 8.00. The van der Waals surface area contributed by atoms with Gasteiger partial charge in [0.15, 0.2) is 6.10 Å². The minimum atomic E-state index is -1.13. The number of hydrogen-bond donors (Lipinski definition) is 2. The SMILES string of the molecule is CC(C)[C@H](OC(=O)CCN1C(=O)CSc2ccccc21)C(=O)NC(N)=O. The number of anilines is 1. The Morgan fingerprint density at radius 2 is 2.00 bits per heavy atom. The van der Waals surface area contributed by atoms with Gasteiger partial charge in [0, 0.05) is 11.4 Å². The van der Waals surface area contributed by atoms with Crippen molar-refractivity contribution in [3.8, 4) is 0 Å². The first kappa shape index (κ1) is 19.8. The maximum atomic E-state index is 12.2. The van der Waals surface area contributed by atoms with Gasteiger partial charge in [-0.1, -0.05) is 26.0 Å². The molecule has 0 aromatic heterocycles. The number of carbonyl (C=O) groups is 4. The molecule has 8 nitrogen and oxygen atoms in total. The number of hydrogen-bond acceptors (Lipinski definition) is 6. The van der Waals surface area contributed by atoms with E-state index < -0.39 is 24.0 Å². The van der Waals surface area contributed by atoms with E-state index in [9.17, 15) is 19.2 Å². The Hall–Kier alpha value is -2.55. The number of urea groups is 1. The van der Waals surface area contributed by atoms with Gasteiger partial charge >= 0.3 is 12.0 Å². The highest BCUT2D eigenvalue weighted by Gasteiger charge is 2.29.